The zero-order valence-electron chi connectivity index (χ0n) is 18.9. The molecule has 0 bridgehead atoms. The molecular weight excluding hydrogens is 362 g/mol. The van der Waals surface area contributed by atoms with Crippen molar-refractivity contribution in [2.45, 2.75) is 74.1 Å². The fourth-order valence-corrected chi connectivity index (χ4v) is 2.72. The highest BCUT2D eigenvalue weighted by Gasteiger charge is 2.19. The van der Waals surface area contributed by atoms with Crippen LogP contribution in [0.5, 0.6) is 0 Å². The fourth-order valence-electron chi connectivity index (χ4n) is 1.87. The van der Waals surface area contributed by atoms with Crippen LogP contribution in [-0.4, -0.2) is 59.7 Å². The first-order valence-corrected chi connectivity index (χ1v) is 10.7. The second kappa shape index (κ2) is 14.9. The van der Waals surface area contributed by atoms with E-state index in [2.05, 4.69) is 29.6 Å². The largest absolute Gasteiger partial charge is 0.444 e. The molecule has 0 saturated heterocycles. The number of nitrogens with zero attached hydrogens (tertiary/aromatic N) is 2. The van der Waals surface area contributed by atoms with Crippen molar-refractivity contribution in [1.29, 1.82) is 0 Å². The van der Waals surface area contributed by atoms with Crippen molar-refractivity contribution in [3.63, 3.8) is 0 Å². The van der Waals surface area contributed by atoms with Gasteiger partial charge in [-0.15, -0.1) is 0 Å². The number of rotatable bonds is 6. The number of amides is 1. The highest BCUT2D eigenvalue weighted by atomic mass is 32.2. The zero-order chi connectivity index (χ0) is 21.6. The Labute approximate surface area is 170 Å². The van der Waals surface area contributed by atoms with Gasteiger partial charge in [0.15, 0.2) is 0 Å². The van der Waals surface area contributed by atoms with Gasteiger partial charge in [-0.3, -0.25) is 9.89 Å². The molecule has 0 aromatic carbocycles. The Morgan fingerprint density at radius 3 is 2.30 bits per heavy atom. The zero-order valence-corrected chi connectivity index (χ0v) is 19.7. The quantitative estimate of drug-likeness (QED) is 0.639. The molecule has 160 valence electrons. The molecule has 0 aromatic heterocycles. The van der Waals surface area contributed by atoms with E-state index < -0.39 is 17.9 Å². The molecule has 1 heterocycles. The number of nitrogens with one attached hydrogen (secondary N) is 1. The van der Waals surface area contributed by atoms with Gasteiger partial charge in [-0.25, -0.2) is 4.79 Å². The van der Waals surface area contributed by atoms with Crippen LogP contribution in [0.2, 0.25) is 0 Å². The molecule has 0 aromatic rings. The molecule has 1 amide bonds. The summed E-state index contributed by atoms with van der Waals surface area (Å²) in [5.74, 6) is 0.444. The van der Waals surface area contributed by atoms with Gasteiger partial charge in [-0.2, -0.15) is 0 Å². The van der Waals surface area contributed by atoms with Gasteiger partial charge < -0.3 is 15.2 Å². The summed E-state index contributed by atoms with van der Waals surface area (Å²) in [5.41, 5.74) is 0.607. The van der Waals surface area contributed by atoms with E-state index >= 15 is 0 Å². The van der Waals surface area contributed by atoms with Gasteiger partial charge in [0, 0.05) is 12.5 Å². The van der Waals surface area contributed by atoms with Crippen molar-refractivity contribution in [2.24, 2.45) is 10.9 Å². The molecule has 0 aliphatic carbocycles. The van der Waals surface area contributed by atoms with Crippen LogP contribution in [-0.2, 0) is 4.74 Å². The maximum atomic E-state index is 11.6. The summed E-state index contributed by atoms with van der Waals surface area (Å²) in [7, 11) is 1.81. The predicted octanol–water partition coefficient (Wildman–Crippen LogP) is 4.50. The van der Waals surface area contributed by atoms with E-state index in [1.54, 1.807) is 37.4 Å². The molecule has 0 saturated carbocycles. The van der Waals surface area contributed by atoms with Crippen molar-refractivity contribution < 1.29 is 14.6 Å². The van der Waals surface area contributed by atoms with Gasteiger partial charge in [0.1, 0.15) is 11.8 Å². The van der Waals surface area contributed by atoms with Crippen LogP contribution in [0.4, 0.5) is 4.79 Å². The van der Waals surface area contributed by atoms with Gasteiger partial charge in [-0.05, 0) is 38.8 Å². The lowest BCUT2D eigenvalue weighted by Crippen LogP contribution is -2.44. The Morgan fingerprint density at radius 2 is 1.89 bits per heavy atom. The first-order chi connectivity index (χ1) is 12.6. The van der Waals surface area contributed by atoms with Crippen molar-refractivity contribution in [3.8, 4) is 0 Å². The van der Waals surface area contributed by atoms with E-state index in [9.17, 15) is 9.90 Å². The van der Waals surface area contributed by atoms with Crippen LogP contribution in [0.25, 0.3) is 0 Å². The lowest BCUT2D eigenvalue weighted by molar-refractivity contribution is 0.0185. The number of aliphatic hydroxyl groups excluding tert-OH is 1. The van der Waals surface area contributed by atoms with Crippen LogP contribution >= 0.6 is 11.8 Å². The van der Waals surface area contributed by atoms with Crippen LogP contribution < -0.4 is 5.32 Å². The average Bonchev–Trinajstić information content (AvgIpc) is 2.62. The Balaban J connectivity index is 0. The van der Waals surface area contributed by atoms with Gasteiger partial charge in [0.2, 0.25) is 0 Å². The van der Waals surface area contributed by atoms with Crippen molar-refractivity contribution >= 4 is 22.9 Å². The molecule has 0 radical (unpaired) electrons. The third-order valence-electron chi connectivity index (χ3n) is 3.07. The number of carbonyl (C=O) groups excluding carboxylic acids is 1. The number of hydrogen-bond acceptors (Lipinski definition) is 6. The first-order valence-electron chi connectivity index (χ1n) is 9.82. The first kappa shape index (κ1) is 28.2. The second-order valence-electron chi connectivity index (χ2n) is 6.98. The maximum Gasteiger partial charge on any atom is 0.407 e. The number of ether oxygens (including phenoxy) is 1. The van der Waals surface area contributed by atoms with E-state index in [0.717, 1.165) is 10.6 Å². The van der Waals surface area contributed by atoms with Crippen LogP contribution in [0.3, 0.4) is 0 Å². The number of aliphatic imine (C=N–C) groups is 1. The molecule has 0 spiro atoms. The lowest BCUT2D eigenvalue weighted by Gasteiger charge is -2.26. The number of hydrogen-bond donors (Lipinski definition) is 2. The van der Waals surface area contributed by atoms with E-state index in [1.165, 1.54) is 0 Å². The smallest absolute Gasteiger partial charge is 0.407 e. The summed E-state index contributed by atoms with van der Waals surface area (Å²) in [6.07, 6.45) is -1.30. The second-order valence-corrected chi connectivity index (χ2v) is 7.87. The molecule has 1 atom stereocenters. The number of carbonyl (C=O) groups is 1. The minimum atomic E-state index is -0.774. The van der Waals surface area contributed by atoms with Crippen LogP contribution in [0, 0.1) is 5.92 Å². The van der Waals surface area contributed by atoms with Gasteiger partial charge in [0.25, 0.3) is 0 Å². The van der Waals surface area contributed by atoms with Crippen LogP contribution in [0.1, 0.15) is 62.3 Å². The monoisotopic (exact) mass is 403 g/mol. The Morgan fingerprint density at radius 1 is 1.33 bits per heavy atom. The van der Waals surface area contributed by atoms with Gasteiger partial charge >= 0.3 is 6.09 Å². The molecule has 0 fully saturated rings. The Bertz CT molecular complexity index is 472. The average molecular weight is 404 g/mol. The van der Waals surface area contributed by atoms with Gasteiger partial charge in [0.05, 0.1) is 18.1 Å². The third kappa shape index (κ3) is 13.7. The van der Waals surface area contributed by atoms with E-state index in [1.807, 2.05) is 34.7 Å². The molecule has 1 aliphatic heterocycles. The molecule has 1 unspecified atom stereocenters. The highest BCUT2D eigenvalue weighted by Crippen LogP contribution is 2.22. The van der Waals surface area contributed by atoms with Crippen molar-refractivity contribution in [3.05, 3.63) is 11.0 Å². The standard InChI is InChI=1S/C16H29N3O3S.2C2H6/c1-11(2)14-17-7-12(10-23-14)9-19(6)13(20)8-18-15(21)22-16(3,4)5;2*1-2/h10-11,13,20H,7-9H2,1-6H3,(H,18,21);2*1-2H3. The third-order valence-corrected chi connectivity index (χ3v) is 4.36. The summed E-state index contributed by atoms with van der Waals surface area (Å²) in [6, 6.07) is 0. The number of aliphatic hydroxyl groups is 1. The molecule has 1 rings (SSSR count). The minimum absolute atomic E-state index is 0.117. The normalized spacial score (nSPS) is 14.9. The SMILES string of the molecule is CC.CC.CC(C)C1=NCC(CN(C)C(O)CNC(=O)OC(C)(C)C)=CS1. The van der Waals surface area contributed by atoms with E-state index in [-0.39, 0.29) is 6.54 Å². The van der Waals surface area contributed by atoms with Crippen LogP contribution in [0.15, 0.2) is 16.0 Å². The molecule has 2 N–H and O–H groups in total. The lowest BCUT2D eigenvalue weighted by atomic mass is 10.2. The summed E-state index contributed by atoms with van der Waals surface area (Å²) in [6.45, 7) is 19.0. The van der Waals surface area contributed by atoms with Crippen molar-refractivity contribution in [1.82, 2.24) is 10.2 Å². The maximum absolute atomic E-state index is 11.6. The topological polar surface area (TPSA) is 74.2 Å². The summed E-state index contributed by atoms with van der Waals surface area (Å²) < 4.78 is 5.14. The van der Waals surface area contributed by atoms with E-state index in [4.69, 9.17) is 4.74 Å². The van der Waals surface area contributed by atoms with E-state index in [0.29, 0.717) is 19.0 Å². The number of thioether (sulfide) groups is 1. The Hall–Kier alpha value is -1.05. The number of likely N-dealkylation sites (N-methyl/N-ethyl adjacent to an activating group) is 1. The Kier molecular flexibility index (Phi) is 15.6. The molecular formula is C20H41N3O3S. The molecule has 27 heavy (non-hydrogen) atoms. The van der Waals surface area contributed by atoms with Crippen molar-refractivity contribution in [2.75, 3.05) is 26.7 Å². The molecule has 1 aliphatic rings. The fraction of sp³-hybridized carbons (Fsp3) is 0.800. The minimum Gasteiger partial charge on any atom is -0.444 e. The summed E-state index contributed by atoms with van der Waals surface area (Å²) >= 11 is 1.65. The summed E-state index contributed by atoms with van der Waals surface area (Å²) in [5, 5.41) is 15.9. The summed E-state index contributed by atoms with van der Waals surface area (Å²) in [4.78, 5) is 17.9. The predicted molar refractivity (Wildman–Crippen MR) is 118 cm³/mol. The molecule has 7 heteroatoms. The highest BCUT2D eigenvalue weighted by molar-refractivity contribution is 8.16. The molecule has 6 nitrogen and oxygen atoms in total. The van der Waals surface area contributed by atoms with Gasteiger partial charge in [-0.1, -0.05) is 53.3 Å². The number of alkyl carbamates (subject to hydrolysis) is 1.